The first-order chi connectivity index (χ1) is 29.2. The Bertz CT molecular complexity index is 2850. The van der Waals surface area contributed by atoms with Gasteiger partial charge >= 0.3 is 0 Å². The second kappa shape index (κ2) is 17.7. The van der Waals surface area contributed by atoms with Crippen LogP contribution < -0.4 is 10.0 Å². The molecule has 9 aromatic rings. The molecule has 0 aliphatic heterocycles. The van der Waals surface area contributed by atoms with E-state index in [1.165, 1.54) is 49.2 Å². The van der Waals surface area contributed by atoms with Crippen molar-refractivity contribution >= 4 is 67.4 Å². The maximum atomic E-state index is 5.09. The van der Waals surface area contributed by atoms with Crippen LogP contribution in [-0.4, -0.2) is 34.7 Å². The Morgan fingerprint density at radius 3 is 1.51 bits per heavy atom. The molecule has 6 heteroatoms. The smallest absolute Gasteiger partial charge is 0.0593 e. The molecular weight excluding hydrogens is 721 g/mol. The van der Waals surface area contributed by atoms with Crippen LogP contribution in [0.25, 0.3) is 43.6 Å². The number of aryl methyl sites for hydroxylation is 3. The van der Waals surface area contributed by atoms with Crippen LogP contribution in [0.3, 0.4) is 0 Å². The third-order valence-corrected chi connectivity index (χ3v) is 11.5. The van der Waals surface area contributed by atoms with Gasteiger partial charge in [-0.15, -0.1) is 0 Å². The summed E-state index contributed by atoms with van der Waals surface area (Å²) in [5.41, 5.74) is 10.8. The van der Waals surface area contributed by atoms with E-state index in [2.05, 4.69) is 202 Å². The van der Waals surface area contributed by atoms with Crippen LogP contribution in [0.15, 0.2) is 186 Å². The molecule has 0 aliphatic rings. The number of nitrogens with zero attached hydrogens (tertiary/aromatic N) is 6. The lowest BCUT2D eigenvalue weighted by atomic mass is 10.1. The van der Waals surface area contributed by atoms with E-state index >= 15 is 0 Å². The van der Waals surface area contributed by atoms with Gasteiger partial charge in [0.15, 0.2) is 0 Å². The fourth-order valence-corrected chi connectivity index (χ4v) is 8.42. The van der Waals surface area contributed by atoms with Crippen molar-refractivity contribution in [1.29, 1.82) is 0 Å². The molecule has 292 valence electrons. The van der Waals surface area contributed by atoms with Crippen molar-refractivity contribution in [2.75, 3.05) is 23.1 Å². The quantitative estimate of drug-likeness (QED) is 0.0558. The van der Waals surface area contributed by atoms with Gasteiger partial charge in [0.25, 0.3) is 0 Å². The summed E-state index contributed by atoms with van der Waals surface area (Å²) in [5, 5.41) is 19.5. The molecule has 0 spiro atoms. The number of aromatic nitrogens is 2. The molecule has 0 bridgehead atoms. The van der Waals surface area contributed by atoms with E-state index in [0.29, 0.717) is 0 Å². The van der Waals surface area contributed by atoms with Crippen LogP contribution in [-0.2, 0) is 20.0 Å². The van der Waals surface area contributed by atoms with Crippen LogP contribution in [0.2, 0.25) is 0 Å². The molecule has 0 aliphatic carbocycles. The SMILES string of the molecule is Cn1c2ccccc2c2cc(/C=N\N(CCCCCN(/N=C\c3ccc4c(c3)c3ccccc3n4CCCc3ccccc3)c3ccccc3)c3ccccc3)ccc21. The Morgan fingerprint density at radius 1 is 0.441 bits per heavy atom. The summed E-state index contributed by atoms with van der Waals surface area (Å²) in [6.45, 7) is 2.63. The molecule has 2 aromatic heterocycles. The molecule has 0 saturated carbocycles. The zero-order valence-electron chi connectivity index (χ0n) is 33.7. The van der Waals surface area contributed by atoms with E-state index < -0.39 is 0 Å². The number of anilines is 2. The fourth-order valence-electron chi connectivity index (χ4n) is 8.42. The largest absolute Gasteiger partial charge is 0.344 e. The van der Waals surface area contributed by atoms with Gasteiger partial charge in [0, 0.05) is 70.3 Å². The van der Waals surface area contributed by atoms with E-state index in [-0.39, 0.29) is 0 Å². The van der Waals surface area contributed by atoms with Gasteiger partial charge in [-0.2, -0.15) is 10.2 Å². The molecule has 59 heavy (non-hydrogen) atoms. The first-order valence-electron chi connectivity index (χ1n) is 20.9. The van der Waals surface area contributed by atoms with Gasteiger partial charge in [0.05, 0.1) is 23.8 Å². The highest BCUT2D eigenvalue weighted by Crippen LogP contribution is 2.31. The summed E-state index contributed by atoms with van der Waals surface area (Å²) in [6, 6.07) is 62.6. The average molecular weight is 771 g/mol. The molecule has 0 fully saturated rings. The summed E-state index contributed by atoms with van der Waals surface area (Å²) in [7, 11) is 2.14. The summed E-state index contributed by atoms with van der Waals surface area (Å²) in [4.78, 5) is 0. The Kier molecular flexibility index (Phi) is 11.3. The van der Waals surface area contributed by atoms with E-state index in [9.17, 15) is 0 Å². The average Bonchev–Trinajstić information content (AvgIpc) is 3.76. The number of hydrazone groups is 2. The second-order valence-corrected chi connectivity index (χ2v) is 15.4. The molecule has 0 atom stereocenters. The van der Waals surface area contributed by atoms with Gasteiger partial charge in [0.2, 0.25) is 0 Å². The normalized spacial score (nSPS) is 11.9. The molecule has 9 rings (SSSR count). The van der Waals surface area contributed by atoms with E-state index in [1.54, 1.807) is 0 Å². The predicted octanol–water partition coefficient (Wildman–Crippen LogP) is 12.6. The second-order valence-electron chi connectivity index (χ2n) is 15.4. The minimum Gasteiger partial charge on any atom is -0.344 e. The maximum absolute atomic E-state index is 5.09. The molecule has 7 aromatic carbocycles. The van der Waals surface area contributed by atoms with Crippen LogP contribution in [0.5, 0.6) is 0 Å². The number of rotatable bonds is 16. The van der Waals surface area contributed by atoms with E-state index in [4.69, 9.17) is 10.2 Å². The number of para-hydroxylation sites is 4. The lowest BCUT2D eigenvalue weighted by molar-refractivity contribution is 0.648. The first-order valence-corrected chi connectivity index (χ1v) is 20.9. The number of unbranched alkanes of at least 4 members (excludes halogenated alkanes) is 2. The van der Waals surface area contributed by atoms with Crippen LogP contribution in [0.1, 0.15) is 42.4 Å². The highest BCUT2D eigenvalue weighted by Gasteiger charge is 2.13. The lowest BCUT2D eigenvalue weighted by Gasteiger charge is -2.21. The van der Waals surface area contributed by atoms with Gasteiger partial charge in [-0.1, -0.05) is 115 Å². The number of benzene rings is 7. The molecule has 0 N–H and O–H groups in total. The minimum atomic E-state index is 0.823. The third kappa shape index (κ3) is 8.39. The first kappa shape index (κ1) is 37.6. The third-order valence-electron chi connectivity index (χ3n) is 11.5. The molecule has 0 radical (unpaired) electrons. The van der Waals surface area contributed by atoms with Gasteiger partial charge in [0.1, 0.15) is 0 Å². The van der Waals surface area contributed by atoms with Gasteiger partial charge < -0.3 is 9.13 Å². The molecule has 0 unspecified atom stereocenters. The lowest BCUT2D eigenvalue weighted by Crippen LogP contribution is -2.20. The minimum absolute atomic E-state index is 0.823. The molecular formula is C53H50N6. The molecule has 2 heterocycles. The number of hydrogen-bond acceptors (Lipinski definition) is 4. The molecule has 0 amide bonds. The van der Waals surface area contributed by atoms with Crippen molar-refractivity contribution in [3.05, 3.63) is 193 Å². The standard InChI is InChI=1S/C53H50N6/c1-56-50-28-14-12-26-46(50)48-37-42(30-32-51(48)56)39-54-58(44-22-8-3-9-23-44)35-16-5-17-36-59(45-24-10-4-11-25-45)55-40-43-31-33-53-49(38-43)47-27-13-15-29-52(47)57(53)34-18-21-41-19-6-2-7-20-41/h2-4,6-15,19-20,22-33,37-40H,5,16-18,21,34-36H2,1H3/b54-39-,55-40-. The fraction of sp³-hybridized carbons (Fsp3) is 0.170. The maximum Gasteiger partial charge on any atom is 0.0593 e. The van der Waals surface area contributed by atoms with Crippen LogP contribution in [0, 0.1) is 0 Å². The zero-order chi connectivity index (χ0) is 39.8. The monoisotopic (exact) mass is 770 g/mol. The summed E-state index contributed by atoms with van der Waals surface area (Å²) in [6.07, 6.45) is 9.25. The summed E-state index contributed by atoms with van der Waals surface area (Å²) < 4.78 is 4.75. The van der Waals surface area contributed by atoms with Crippen molar-refractivity contribution in [2.45, 2.75) is 38.6 Å². The highest BCUT2D eigenvalue weighted by molar-refractivity contribution is 6.10. The van der Waals surface area contributed by atoms with E-state index in [1.807, 2.05) is 12.4 Å². The van der Waals surface area contributed by atoms with E-state index in [0.717, 1.165) is 74.2 Å². The van der Waals surface area contributed by atoms with Crippen molar-refractivity contribution in [3.63, 3.8) is 0 Å². The Hall–Kier alpha value is -6.92. The van der Waals surface area contributed by atoms with Crippen LogP contribution >= 0.6 is 0 Å². The van der Waals surface area contributed by atoms with Gasteiger partial charge in [-0.3, -0.25) is 10.0 Å². The van der Waals surface area contributed by atoms with Gasteiger partial charge in [-0.05, 0) is 109 Å². The van der Waals surface area contributed by atoms with Crippen molar-refractivity contribution in [3.8, 4) is 0 Å². The highest BCUT2D eigenvalue weighted by atomic mass is 15.5. The summed E-state index contributed by atoms with van der Waals surface area (Å²) in [5.74, 6) is 0. The Labute approximate surface area is 346 Å². The van der Waals surface area contributed by atoms with Crippen molar-refractivity contribution in [2.24, 2.45) is 17.3 Å². The Balaban J connectivity index is 0.873. The predicted molar refractivity (Wildman–Crippen MR) is 251 cm³/mol. The summed E-state index contributed by atoms with van der Waals surface area (Å²) >= 11 is 0. The van der Waals surface area contributed by atoms with Crippen LogP contribution in [0.4, 0.5) is 11.4 Å². The number of fused-ring (bicyclic) bond motifs is 6. The zero-order valence-corrected chi connectivity index (χ0v) is 33.7. The molecule has 6 nitrogen and oxygen atoms in total. The topological polar surface area (TPSA) is 41.1 Å². The van der Waals surface area contributed by atoms with Gasteiger partial charge in [-0.25, -0.2) is 0 Å². The Morgan fingerprint density at radius 2 is 0.898 bits per heavy atom. The molecule has 0 saturated heterocycles. The van der Waals surface area contributed by atoms with Crippen molar-refractivity contribution in [1.82, 2.24) is 9.13 Å². The van der Waals surface area contributed by atoms with Crippen molar-refractivity contribution < 1.29 is 0 Å². The number of hydrogen-bond donors (Lipinski definition) is 0.